The van der Waals surface area contributed by atoms with E-state index in [1.54, 1.807) is 6.20 Å². The van der Waals surface area contributed by atoms with Gasteiger partial charge in [-0.1, -0.05) is 25.3 Å². The highest BCUT2D eigenvalue weighted by atomic mass is 16.5. The fraction of sp³-hybridized carbons (Fsp3) is 0.545. The van der Waals surface area contributed by atoms with Crippen LogP contribution in [0.5, 0.6) is 0 Å². The van der Waals surface area contributed by atoms with Crippen LogP contribution in [0.2, 0.25) is 0 Å². The summed E-state index contributed by atoms with van der Waals surface area (Å²) in [5.41, 5.74) is 1.72. The maximum Gasteiger partial charge on any atom is 0.232 e. The van der Waals surface area contributed by atoms with Crippen LogP contribution in [0.4, 0.5) is 17.6 Å². The van der Waals surface area contributed by atoms with Crippen LogP contribution in [0.25, 0.3) is 11.2 Å². The number of hydrogen-bond acceptors (Lipinski definition) is 8. The van der Waals surface area contributed by atoms with E-state index in [2.05, 4.69) is 25.1 Å². The lowest BCUT2D eigenvalue weighted by Crippen LogP contribution is -2.39. The van der Waals surface area contributed by atoms with Crippen molar-refractivity contribution in [1.29, 1.82) is 0 Å². The number of anilines is 3. The van der Waals surface area contributed by atoms with Gasteiger partial charge in [-0.05, 0) is 25.0 Å². The van der Waals surface area contributed by atoms with Gasteiger partial charge in [0.25, 0.3) is 0 Å². The van der Waals surface area contributed by atoms with Gasteiger partial charge < -0.3 is 19.9 Å². The summed E-state index contributed by atoms with van der Waals surface area (Å²) in [5, 5.41) is 6.76. The zero-order valence-corrected chi connectivity index (χ0v) is 17.8. The Morgan fingerprint density at radius 2 is 1.90 bits per heavy atom. The lowest BCUT2D eigenvalue weighted by molar-refractivity contribution is 0.0398. The van der Waals surface area contributed by atoms with E-state index in [9.17, 15) is 0 Å². The Balaban J connectivity index is 1.41. The summed E-state index contributed by atoms with van der Waals surface area (Å²) in [5.74, 6) is 2.04. The molecule has 0 amide bonds. The fourth-order valence-electron chi connectivity index (χ4n) is 4.43. The van der Waals surface area contributed by atoms with Crippen LogP contribution in [0.15, 0.2) is 30.7 Å². The molecule has 1 aliphatic carbocycles. The van der Waals surface area contributed by atoms with Crippen LogP contribution in [-0.4, -0.2) is 68.8 Å². The first-order valence-electron chi connectivity index (χ1n) is 11.3. The third-order valence-electron chi connectivity index (χ3n) is 6.12. The van der Waals surface area contributed by atoms with E-state index in [-0.39, 0.29) is 0 Å². The molecule has 0 atom stereocenters. The van der Waals surface area contributed by atoms with Crippen molar-refractivity contribution in [2.24, 2.45) is 0 Å². The largest absolute Gasteiger partial charge is 0.379 e. The quantitative estimate of drug-likeness (QED) is 0.600. The Bertz CT molecular complexity index is 980. The molecule has 0 bridgehead atoms. The zero-order valence-electron chi connectivity index (χ0n) is 17.8. The number of aromatic nitrogens is 5. The highest BCUT2D eigenvalue weighted by Gasteiger charge is 2.21. The molecule has 1 saturated carbocycles. The second-order valence-electron chi connectivity index (χ2n) is 8.23. The Labute approximate surface area is 182 Å². The van der Waals surface area contributed by atoms with E-state index in [4.69, 9.17) is 19.7 Å². The Morgan fingerprint density at radius 3 is 2.71 bits per heavy atom. The molecule has 2 aliphatic rings. The maximum absolute atomic E-state index is 5.45. The molecule has 9 nitrogen and oxygen atoms in total. The predicted octanol–water partition coefficient (Wildman–Crippen LogP) is 3.21. The molecule has 4 heterocycles. The summed E-state index contributed by atoms with van der Waals surface area (Å²) in [4.78, 5) is 21.0. The van der Waals surface area contributed by atoms with Gasteiger partial charge in [0.05, 0.1) is 19.5 Å². The number of imidazole rings is 1. The zero-order chi connectivity index (χ0) is 20.9. The minimum absolute atomic E-state index is 0.456. The highest BCUT2D eigenvalue weighted by molar-refractivity contribution is 5.84. The molecule has 1 aliphatic heterocycles. The third kappa shape index (κ3) is 4.77. The molecule has 9 heteroatoms. The maximum atomic E-state index is 5.45. The van der Waals surface area contributed by atoms with Gasteiger partial charge in [0.2, 0.25) is 5.95 Å². The monoisotopic (exact) mass is 422 g/mol. The number of ether oxygens (including phenoxy) is 1. The van der Waals surface area contributed by atoms with Gasteiger partial charge >= 0.3 is 0 Å². The molecule has 0 spiro atoms. The third-order valence-corrected chi connectivity index (χ3v) is 6.12. The first-order chi connectivity index (χ1) is 15.4. The van der Waals surface area contributed by atoms with E-state index in [1.165, 1.54) is 32.1 Å². The van der Waals surface area contributed by atoms with E-state index in [0.29, 0.717) is 12.0 Å². The minimum atomic E-state index is 0.456. The van der Waals surface area contributed by atoms with Crippen LogP contribution < -0.4 is 10.6 Å². The summed E-state index contributed by atoms with van der Waals surface area (Å²) in [6, 6.07) is 6.21. The topological polar surface area (TPSA) is 93.0 Å². The van der Waals surface area contributed by atoms with Gasteiger partial charge in [-0.15, -0.1) is 0 Å². The van der Waals surface area contributed by atoms with Crippen LogP contribution in [0.1, 0.15) is 38.1 Å². The van der Waals surface area contributed by atoms with Crippen molar-refractivity contribution in [1.82, 2.24) is 29.4 Å². The molecule has 2 N–H and O–H groups in total. The van der Waals surface area contributed by atoms with Crippen molar-refractivity contribution in [3.8, 4) is 0 Å². The highest BCUT2D eigenvalue weighted by Crippen LogP contribution is 2.32. The van der Waals surface area contributed by atoms with E-state index in [0.717, 1.165) is 62.2 Å². The first-order valence-corrected chi connectivity index (χ1v) is 11.3. The van der Waals surface area contributed by atoms with E-state index in [1.807, 2.05) is 24.5 Å². The normalized spacial score (nSPS) is 18.3. The van der Waals surface area contributed by atoms with Crippen LogP contribution in [-0.2, 0) is 4.74 Å². The second kappa shape index (κ2) is 9.57. The number of pyridine rings is 1. The summed E-state index contributed by atoms with van der Waals surface area (Å²) in [6.07, 6.45) is 9.90. The molecule has 3 aromatic rings. The molecule has 0 unspecified atom stereocenters. The smallest absolute Gasteiger partial charge is 0.232 e. The van der Waals surface area contributed by atoms with Crippen molar-refractivity contribution in [2.75, 3.05) is 50.0 Å². The molecule has 164 valence electrons. The molecule has 5 rings (SSSR count). The fourth-order valence-corrected chi connectivity index (χ4v) is 4.43. The van der Waals surface area contributed by atoms with Crippen LogP contribution in [0, 0.1) is 0 Å². The standard InChI is InChI=1S/C22H30N8O/c1-2-6-17(7-3-1)30-16-25-19-20(24-10-11-29-12-14-31-15-13-29)27-22(28-21(19)30)26-18-8-4-5-9-23-18/h4-5,8-9,16-17H,1-3,6-7,10-15H2,(H2,23,24,26,27,28). The number of nitrogens with zero attached hydrogens (tertiary/aromatic N) is 6. The molecule has 0 radical (unpaired) electrons. The van der Waals surface area contributed by atoms with Crippen molar-refractivity contribution in [3.05, 3.63) is 30.7 Å². The first kappa shape index (κ1) is 20.1. The van der Waals surface area contributed by atoms with Crippen molar-refractivity contribution < 1.29 is 4.74 Å². The number of morpholine rings is 1. The predicted molar refractivity (Wildman–Crippen MR) is 121 cm³/mol. The molecule has 3 aromatic heterocycles. The van der Waals surface area contributed by atoms with Gasteiger partial charge in [-0.3, -0.25) is 4.90 Å². The number of rotatable bonds is 7. The summed E-state index contributed by atoms with van der Waals surface area (Å²) >= 11 is 0. The summed E-state index contributed by atoms with van der Waals surface area (Å²) < 4.78 is 7.69. The average molecular weight is 423 g/mol. The lowest BCUT2D eigenvalue weighted by Gasteiger charge is -2.26. The van der Waals surface area contributed by atoms with E-state index >= 15 is 0 Å². The SMILES string of the molecule is c1ccc(Nc2nc(NCCN3CCOCC3)c3ncn(C4CCCCC4)c3n2)nc1. The van der Waals surface area contributed by atoms with Gasteiger partial charge in [0.1, 0.15) is 5.82 Å². The number of fused-ring (bicyclic) bond motifs is 1. The average Bonchev–Trinajstić information content (AvgIpc) is 3.25. The molecule has 2 fully saturated rings. The molecular weight excluding hydrogens is 392 g/mol. The van der Waals surface area contributed by atoms with Gasteiger partial charge in [0.15, 0.2) is 17.0 Å². The van der Waals surface area contributed by atoms with Crippen molar-refractivity contribution in [3.63, 3.8) is 0 Å². The molecule has 0 aromatic carbocycles. The van der Waals surface area contributed by atoms with Gasteiger partial charge in [-0.25, -0.2) is 9.97 Å². The van der Waals surface area contributed by atoms with Gasteiger partial charge in [-0.2, -0.15) is 9.97 Å². The van der Waals surface area contributed by atoms with Gasteiger partial charge in [0, 0.05) is 38.4 Å². The Kier molecular flexibility index (Phi) is 6.22. The van der Waals surface area contributed by atoms with Crippen LogP contribution in [0.3, 0.4) is 0 Å². The Hall–Kier alpha value is -2.78. The molecule has 31 heavy (non-hydrogen) atoms. The second-order valence-corrected chi connectivity index (χ2v) is 8.23. The minimum Gasteiger partial charge on any atom is -0.379 e. The van der Waals surface area contributed by atoms with Crippen LogP contribution >= 0.6 is 0 Å². The molecule has 1 saturated heterocycles. The lowest BCUT2D eigenvalue weighted by atomic mass is 9.95. The number of nitrogens with one attached hydrogen (secondary N) is 2. The molecular formula is C22H30N8O. The van der Waals surface area contributed by atoms with Crippen molar-refractivity contribution in [2.45, 2.75) is 38.1 Å². The summed E-state index contributed by atoms with van der Waals surface area (Å²) in [6.45, 7) is 5.31. The van der Waals surface area contributed by atoms with Crippen molar-refractivity contribution >= 4 is 28.7 Å². The number of hydrogen-bond donors (Lipinski definition) is 2. The Morgan fingerprint density at radius 1 is 1.03 bits per heavy atom. The summed E-state index contributed by atoms with van der Waals surface area (Å²) in [7, 11) is 0. The van der Waals surface area contributed by atoms with E-state index < -0.39 is 0 Å².